The lowest BCUT2D eigenvalue weighted by atomic mass is 10.0. The van der Waals surface area contributed by atoms with Gasteiger partial charge in [0.05, 0.1) is 16.6 Å². The maximum atomic E-state index is 14.4. The molecule has 3 aromatic rings. The highest BCUT2D eigenvalue weighted by Crippen LogP contribution is 2.21. The number of amides is 1. The molecule has 0 spiro atoms. The van der Waals surface area contributed by atoms with E-state index in [1.807, 2.05) is 19.1 Å². The highest BCUT2D eigenvalue weighted by molar-refractivity contribution is 5.95. The number of halogens is 1. The Morgan fingerprint density at radius 1 is 1.27 bits per heavy atom. The van der Waals surface area contributed by atoms with Crippen molar-refractivity contribution in [3.8, 4) is 0 Å². The number of rotatable bonds is 6. The van der Waals surface area contributed by atoms with Crippen LogP contribution in [0.2, 0.25) is 0 Å². The lowest BCUT2D eigenvalue weighted by molar-refractivity contribution is 0.0566. The molecule has 1 fully saturated rings. The number of nitrogens with one attached hydrogen (secondary N) is 2. The summed E-state index contributed by atoms with van der Waals surface area (Å²) in [6.07, 6.45) is 0.376. The summed E-state index contributed by atoms with van der Waals surface area (Å²) in [4.78, 5) is 26.4. The molecule has 0 aliphatic carbocycles. The molecule has 0 bridgehead atoms. The van der Waals surface area contributed by atoms with Crippen molar-refractivity contribution >= 4 is 16.7 Å². The third kappa shape index (κ3) is 4.02. The first-order chi connectivity index (χ1) is 14.4. The molecule has 1 amide bonds. The monoisotopic (exact) mass is 406 g/mol. The Morgan fingerprint density at radius 3 is 2.73 bits per heavy atom. The summed E-state index contributed by atoms with van der Waals surface area (Å²) in [5.74, 6) is -0.858. The van der Waals surface area contributed by atoms with E-state index in [1.165, 1.54) is 6.07 Å². The summed E-state index contributed by atoms with van der Waals surface area (Å²) in [6.45, 7) is 7.58. The van der Waals surface area contributed by atoms with Crippen molar-refractivity contribution in [1.82, 2.24) is 20.4 Å². The Labute approximate surface area is 173 Å². The lowest BCUT2D eigenvalue weighted by Gasteiger charge is -2.40. The van der Waals surface area contributed by atoms with E-state index < -0.39 is 5.82 Å². The second-order valence-electron chi connectivity index (χ2n) is 7.78. The van der Waals surface area contributed by atoms with Crippen LogP contribution in [0.3, 0.4) is 0 Å². The first kappa shape index (κ1) is 20.0. The number of aromatic amines is 1. The molecule has 0 saturated carbocycles. The van der Waals surface area contributed by atoms with E-state index in [4.69, 9.17) is 0 Å². The number of carbonyl (C=O) groups excluding carboxylic acids is 1. The van der Waals surface area contributed by atoms with E-state index in [0.717, 1.165) is 16.5 Å². The highest BCUT2D eigenvalue weighted by atomic mass is 19.1. The number of likely N-dealkylation sites (tertiary alicyclic amines) is 1. The van der Waals surface area contributed by atoms with Gasteiger partial charge in [0.1, 0.15) is 5.82 Å². The van der Waals surface area contributed by atoms with E-state index in [2.05, 4.69) is 22.1 Å². The molecule has 4 rings (SSSR count). The number of aromatic nitrogens is 2. The summed E-state index contributed by atoms with van der Waals surface area (Å²) in [6, 6.07) is 11.9. The van der Waals surface area contributed by atoms with Gasteiger partial charge in [0, 0.05) is 37.5 Å². The average molecular weight is 406 g/mol. The van der Waals surface area contributed by atoms with Crippen LogP contribution in [0.5, 0.6) is 0 Å². The molecule has 7 heteroatoms. The van der Waals surface area contributed by atoms with Gasteiger partial charge in [-0.2, -0.15) is 5.10 Å². The Bertz CT molecular complexity index is 1180. The van der Waals surface area contributed by atoms with Gasteiger partial charge in [-0.3, -0.25) is 9.59 Å². The predicted molar refractivity (Wildman–Crippen MR) is 114 cm³/mol. The molecule has 2 N–H and O–H groups in total. The number of carbonyl (C=O) groups is 1. The number of H-pyrrole nitrogens is 1. The van der Waals surface area contributed by atoms with Crippen molar-refractivity contribution in [1.29, 1.82) is 0 Å². The van der Waals surface area contributed by atoms with Crippen LogP contribution < -0.4 is 10.9 Å². The van der Waals surface area contributed by atoms with Gasteiger partial charge in [0.2, 0.25) is 0 Å². The van der Waals surface area contributed by atoms with E-state index >= 15 is 0 Å². The maximum Gasteiger partial charge on any atom is 0.272 e. The molecule has 0 unspecified atom stereocenters. The van der Waals surface area contributed by atoms with Crippen LogP contribution in [0.15, 0.2) is 59.4 Å². The van der Waals surface area contributed by atoms with Gasteiger partial charge in [-0.05, 0) is 30.7 Å². The maximum absolute atomic E-state index is 14.4. The molecular weight excluding hydrogens is 383 g/mol. The van der Waals surface area contributed by atoms with Gasteiger partial charge in [0.15, 0.2) is 0 Å². The smallest absolute Gasteiger partial charge is 0.272 e. The normalized spacial score (nSPS) is 14.0. The molecule has 1 aromatic heterocycles. The number of fused-ring (bicyclic) bond motifs is 1. The Hall–Kier alpha value is -3.32. The summed E-state index contributed by atoms with van der Waals surface area (Å²) < 4.78 is 14.4. The van der Waals surface area contributed by atoms with Crippen LogP contribution in [0, 0.1) is 5.82 Å². The SMILES string of the molecule is C=C(C)CNC1CN(C(=O)c2cc(Cc3n[nH]c(=O)c4ccccc34)ccc2F)C1. The van der Waals surface area contributed by atoms with Gasteiger partial charge in [-0.1, -0.05) is 36.4 Å². The third-order valence-electron chi connectivity index (χ3n) is 5.27. The summed E-state index contributed by atoms with van der Waals surface area (Å²) in [5, 5.41) is 11.3. The standard InChI is InChI=1S/C23H23FN4O2/c1-14(2)11-25-16-12-28(13-16)23(30)19-9-15(7-8-20(19)24)10-21-17-5-3-4-6-18(17)22(29)27-26-21/h3-9,16,25H,1,10-13H2,2H3,(H,27,29). The molecule has 2 heterocycles. The second-order valence-corrected chi connectivity index (χ2v) is 7.78. The Morgan fingerprint density at radius 2 is 2.00 bits per heavy atom. The van der Waals surface area contributed by atoms with Crippen molar-refractivity contribution in [2.75, 3.05) is 19.6 Å². The molecule has 154 valence electrons. The molecular formula is C23H23FN4O2. The van der Waals surface area contributed by atoms with E-state index in [9.17, 15) is 14.0 Å². The van der Waals surface area contributed by atoms with Gasteiger partial charge in [-0.15, -0.1) is 0 Å². The fraction of sp³-hybridized carbons (Fsp3) is 0.261. The molecule has 1 aliphatic heterocycles. The van der Waals surface area contributed by atoms with Crippen LogP contribution in [-0.2, 0) is 6.42 Å². The zero-order chi connectivity index (χ0) is 21.3. The largest absolute Gasteiger partial charge is 0.335 e. The number of hydrogen-bond donors (Lipinski definition) is 2. The van der Waals surface area contributed by atoms with Crippen molar-refractivity contribution in [2.24, 2.45) is 0 Å². The average Bonchev–Trinajstić information content (AvgIpc) is 2.70. The Balaban J connectivity index is 1.52. The van der Waals surface area contributed by atoms with Crippen molar-refractivity contribution in [3.63, 3.8) is 0 Å². The minimum atomic E-state index is -0.540. The van der Waals surface area contributed by atoms with Crippen LogP contribution in [0.1, 0.15) is 28.5 Å². The van der Waals surface area contributed by atoms with Gasteiger partial charge >= 0.3 is 0 Å². The molecule has 2 aromatic carbocycles. The quantitative estimate of drug-likeness (QED) is 0.617. The second kappa shape index (κ2) is 8.20. The number of benzene rings is 2. The molecule has 1 aliphatic rings. The topological polar surface area (TPSA) is 78.1 Å². The highest BCUT2D eigenvalue weighted by Gasteiger charge is 2.32. The Kier molecular flexibility index (Phi) is 5.46. The number of hydrogen-bond acceptors (Lipinski definition) is 4. The molecule has 1 saturated heterocycles. The molecule has 30 heavy (non-hydrogen) atoms. The zero-order valence-corrected chi connectivity index (χ0v) is 16.7. The minimum absolute atomic E-state index is 0.0552. The van der Waals surface area contributed by atoms with Gasteiger partial charge in [0.25, 0.3) is 11.5 Å². The van der Waals surface area contributed by atoms with Crippen LogP contribution >= 0.6 is 0 Å². The first-order valence-electron chi connectivity index (χ1n) is 9.84. The summed E-state index contributed by atoms with van der Waals surface area (Å²) in [7, 11) is 0. The van der Waals surface area contributed by atoms with E-state index in [0.29, 0.717) is 37.1 Å². The minimum Gasteiger partial charge on any atom is -0.335 e. The van der Waals surface area contributed by atoms with Crippen LogP contribution in [0.25, 0.3) is 10.8 Å². The van der Waals surface area contributed by atoms with Gasteiger partial charge in [-0.25, -0.2) is 9.49 Å². The number of nitrogens with zero attached hydrogens (tertiary/aromatic N) is 2. The zero-order valence-electron chi connectivity index (χ0n) is 16.7. The molecule has 6 nitrogen and oxygen atoms in total. The molecule has 0 atom stereocenters. The summed E-state index contributed by atoms with van der Waals surface area (Å²) >= 11 is 0. The predicted octanol–water partition coefficient (Wildman–Crippen LogP) is 2.64. The van der Waals surface area contributed by atoms with Crippen molar-refractivity contribution in [2.45, 2.75) is 19.4 Å². The molecule has 0 radical (unpaired) electrons. The van der Waals surface area contributed by atoms with E-state index in [-0.39, 0.29) is 23.1 Å². The van der Waals surface area contributed by atoms with E-state index in [1.54, 1.807) is 29.2 Å². The lowest BCUT2D eigenvalue weighted by Crippen LogP contribution is -2.60. The fourth-order valence-electron chi connectivity index (χ4n) is 3.61. The van der Waals surface area contributed by atoms with Crippen LogP contribution in [0.4, 0.5) is 4.39 Å². The fourth-order valence-corrected chi connectivity index (χ4v) is 3.61. The third-order valence-corrected chi connectivity index (χ3v) is 5.27. The van der Waals surface area contributed by atoms with Crippen LogP contribution in [-0.4, -0.2) is 46.7 Å². The first-order valence-corrected chi connectivity index (χ1v) is 9.84. The van der Waals surface area contributed by atoms with Crippen molar-refractivity contribution in [3.05, 3.63) is 87.6 Å². The summed E-state index contributed by atoms with van der Waals surface area (Å²) in [5.41, 5.74) is 2.25. The van der Waals surface area contributed by atoms with Gasteiger partial charge < -0.3 is 10.2 Å². The van der Waals surface area contributed by atoms with Crippen molar-refractivity contribution < 1.29 is 9.18 Å².